The number of fused-ring (bicyclic) bond motifs is 1. The number of aryl methyl sites for hydroxylation is 1. The standard InChI is InChI=1S/C18H22N4O/c23-18-16-15(7-4-9-19-18)20-17(21-16)14-8-10-22(12-14)11-13-5-2-1-3-6-13/h1-3,5-6,14H,4,7-12H2,(H,19,23)(H,20,21). The van der Waals surface area contributed by atoms with Gasteiger partial charge >= 0.3 is 0 Å². The molecule has 1 fully saturated rings. The Kier molecular flexibility index (Phi) is 3.87. The summed E-state index contributed by atoms with van der Waals surface area (Å²) in [6.07, 6.45) is 2.98. The number of likely N-dealkylation sites (tertiary alicyclic amines) is 1. The minimum Gasteiger partial charge on any atom is -0.351 e. The molecule has 2 aliphatic heterocycles. The summed E-state index contributed by atoms with van der Waals surface area (Å²) in [6, 6.07) is 10.6. The number of aromatic nitrogens is 2. The third-order valence-corrected chi connectivity index (χ3v) is 4.81. The molecule has 1 atom stereocenters. The smallest absolute Gasteiger partial charge is 0.271 e. The van der Waals surface area contributed by atoms with Gasteiger partial charge in [-0.25, -0.2) is 4.98 Å². The second-order valence-corrected chi connectivity index (χ2v) is 6.51. The summed E-state index contributed by atoms with van der Waals surface area (Å²) in [6.45, 7) is 3.81. The highest BCUT2D eigenvalue weighted by atomic mass is 16.1. The lowest BCUT2D eigenvalue weighted by Gasteiger charge is -2.15. The third-order valence-electron chi connectivity index (χ3n) is 4.81. The average Bonchev–Trinajstić information content (AvgIpc) is 3.16. The fourth-order valence-corrected chi connectivity index (χ4v) is 3.58. The molecule has 0 aliphatic carbocycles. The quantitative estimate of drug-likeness (QED) is 0.912. The zero-order chi connectivity index (χ0) is 15.6. The van der Waals surface area contributed by atoms with Crippen LogP contribution in [-0.4, -0.2) is 40.4 Å². The predicted molar refractivity (Wildman–Crippen MR) is 88.3 cm³/mol. The van der Waals surface area contributed by atoms with Gasteiger partial charge in [-0.2, -0.15) is 0 Å². The second-order valence-electron chi connectivity index (χ2n) is 6.51. The van der Waals surface area contributed by atoms with E-state index < -0.39 is 0 Å². The summed E-state index contributed by atoms with van der Waals surface area (Å²) >= 11 is 0. The summed E-state index contributed by atoms with van der Waals surface area (Å²) in [5.74, 6) is 1.36. The highest BCUT2D eigenvalue weighted by molar-refractivity contribution is 5.93. The van der Waals surface area contributed by atoms with Crippen molar-refractivity contribution in [2.75, 3.05) is 19.6 Å². The Morgan fingerprint density at radius 2 is 2.13 bits per heavy atom. The molecule has 1 aromatic heterocycles. The number of benzene rings is 1. The average molecular weight is 310 g/mol. The van der Waals surface area contributed by atoms with Crippen LogP contribution in [0, 0.1) is 0 Å². The number of nitrogens with zero attached hydrogens (tertiary/aromatic N) is 2. The van der Waals surface area contributed by atoms with Crippen LogP contribution in [-0.2, 0) is 13.0 Å². The molecule has 1 aromatic carbocycles. The number of carbonyl (C=O) groups is 1. The molecule has 5 nitrogen and oxygen atoms in total. The Balaban J connectivity index is 1.46. The lowest BCUT2D eigenvalue weighted by Crippen LogP contribution is -2.23. The van der Waals surface area contributed by atoms with Crippen molar-refractivity contribution in [2.24, 2.45) is 0 Å². The van der Waals surface area contributed by atoms with Gasteiger partial charge in [-0.1, -0.05) is 30.3 Å². The topological polar surface area (TPSA) is 61.0 Å². The van der Waals surface area contributed by atoms with Crippen molar-refractivity contribution in [3.8, 4) is 0 Å². The number of hydrogen-bond acceptors (Lipinski definition) is 3. The van der Waals surface area contributed by atoms with Gasteiger partial charge < -0.3 is 10.3 Å². The van der Waals surface area contributed by atoms with Gasteiger partial charge in [0.25, 0.3) is 5.91 Å². The number of H-pyrrole nitrogens is 1. The molecular formula is C18H22N4O. The first-order valence-corrected chi connectivity index (χ1v) is 8.43. The number of rotatable bonds is 3. The Morgan fingerprint density at radius 3 is 3.00 bits per heavy atom. The van der Waals surface area contributed by atoms with Gasteiger partial charge in [0.15, 0.2) is 0 Å². The molecule has 1 unspecified atom stereocenters. The van der Waals surface area contributed by atoms with Crippen LogP contribution in [0.15, 0.2) is 30.3 Å². The van der Waals surface area contributed by atoms with Crippen molar-refractivity contribution in [1.29, 1.82) is 0 Å². The molecule has 5 heteroatoms. The number of amides is 1. The van der Waals surface area contributed by atoms with Gasteiger partial charge in [0.05, 0.1) is 0 Å². The lowest BCUT2D eigenvalue weighted by molar-refractivity contribution is 0.0951. The Hall–Kier alpha value is -2.14. The zero-order valence-corrected chi connectivity index (χ0v) is 13.2. The molecule has 1 saturated heterocycles. The molecule has 2 N–H and O–H groups in total. The first-order chi connectivity index (χ1) is 11.3. The molecule has 3 heterocycles. The Labute approximate surface area is 136 Å². The SMILES string of the molecule is O=C1NCCCc2[nH]c(C3CCN(Cc4ccccc4)C3)nc21. The Morgan fingerprint density at radius 1 is 1.26 bits per heavy atom. The highest BCUT2D eigenvalue weighted by Gasteiger charge is 2.29. The molecule has 2 aromatic rings. The first-order valence-electron chi connectivity index (χ1n) is 8.43. The zero-order valence-electron chi connectivity index (χ0n) is 13.2. The van der Waals surface area contributed by atoms with Gasteiger partial charge in [0, 0.05) is 31.2 Å². The molecule has 2 aliphatic rings. The number of hydrogen-bond donors (Lipinski definition) is 2. The summed E-state index contributed by atoms with van der Waals surface area (Å²) in [4.78, 5) is 22.6. The molecule has 23 heavy (non-hydrogen) atoms. The van der Waals surface area contributed by atoms with Crippen molar-refractivity contribution >= 4 is 5.91 Å². The molecule has 0 radical (unpaired) electrons. The first kappa shape index (κ1) is 14.5. The molecular weight excluding hydrogens is 288 g/mol. The van der Waals surface area contributed by atoms with Gasteiger partial charge in [0.1, 0.15) is 11.5 Å². The van der Waals surface area contributed by atoms with Gasteiger partial charge in [-0.05, 0) is 31.4 Å². The minimum atomic E-state index is -0.0286. The van der Waals surface area contributed by atoms with Crippen LogP contribution >= 0.6 is 0 Å². The molecule has 4 rings (SSSR count). The van der Waals surface area contributed by atoms with E-state index in [2.05, 4.69) is 50.5 Å². The highest BCUT2D eigenvalue weighted by Crippen LogP contribution is 2.27. The minimum absolute atomic E-state index is 0.0286. The maximum absolute atomic E-state index is 12.0. The summed E-state index contributed by atoms with van der Waals surface area (Å²) in [5.41, 5.74) is 2.97. The van der Waals surface area contributed by atoms with Crippen molar-refractivity contribution < 1.29 is 4.79 Å². The van der Waals surface area contributed by atoms with E-state index in [1.54, 1.807) is 0 Å². The van der Waals surface area contributed by atoms with Crippen LogP contribution in [0.4, 0.5) is 0 Å². The molecule has 1 amide bonds. The van der Waals surface area contributed by atoms with Crippen molar-refractivity contribution in [3.05, 3.63) is 53.1 Å². The van der Waals surface area contributed by atoms with Gasteiger partial charge in [-0.15, -0.1) is 0 Å². The fourth-order valence-electron chi connectivity index (χ4n) is 3.58. The van der Waals surface area contributed by atoms with E-state index in [9.17, 15) is 4.79 Å². The maximum Gasteiger partial charge on any atom is 0.271 e. The van der Waals surface area contributed by atoms with Crippen molar-refractivity contribution in [3.63, 3.8) is 0 Å². The van der Waals surface area contributed by atoms with Crippen LogP contribution < -0.4 is 5.32 Å². The maximum atomic E-state index is 12.0. The van der Waals surface area contributed by atoms with Gasteiger partial charge in [-0.3, -0.25) is 9.69 Å². The van der Waals surface area contributed by atoms with E-state index >= 15 is 0 Å². The van der Waals surface area contributed by atoms with E-state index in [0.29, 0.717) is 11.6 Å². The van der Waals surface area contributed by atoms with E-state index in [1.165, 1.54) is 5.56 Å². The normalized spacial score (nSPS) is 21.7. The fraction of sp³-hybridized carbons (Fsp3) is 0.444. The number of aromatic amines is 1. The monoisotopic (exact) mass is 310 g/mol. The second kappa shape index (κ2) is 6.16. The van der Waals surface area contributed by atoms with Crippen LogP contribution in [0.2, 0.25) is 0 Å². The Bertz CT molecular complexity index is 694. The molecule has 0 saturated carbocycles. The van der Waals surface area contributed by atoms with Crippen LogP contribution in [0.25, 0.3) is 0 Å². The number of nitrogens with one attached hydrogen (secondary N) is 2. The van der Waals surface area contributed by atoms with E-state index in [4.69, 9.17) is 0 Å². The van der Waals surface area contributed by atoms with E-state index in [0.717, 1.165) is 57.0 Å². The summed E-state index contributed by atoms with van der Waals surface area (Å²) in [5, 5.41) is 2.91. The van der Waals surface area contributed by atoms with Crippen LogP contribution in [0.3, 0.4) is 0 Å². The van der Waals surface area contributed by atoms with Crippen LogP contribution in [0.5, 0.6) is 0 Å². The third kappa shape index (κ3) is 3.01. The van der Waals surface area contributed by atoms with Gasteiger partial charge in [0.2, 0.25) is 0 Å². The molecule has 0 spiro atoms. The summed E-state index contributed by atoms with van der Waals surface area (Å²) in [7, 11) is 0. The van der Waals surface area contributed by atoms with Crippen molar-refractivity contribution in [1.82, 2.24) is 20.2 Å². The van der Waals surface area contributed by atoms with Crippen LogP contribution in [0.1, 0.15) is 46.3 Å². The number of imidazole rings is 1. The molecule has 120 valence electrons. The largest absolute Gasteiger partial charge is 0.351 e. The molecule has 0 bridgehead atoms. The summed E-state index contributed by atoms with van der Waals surface area (Å²) < 4.78 is 0. The van der Waals surface area contributed by atoms with E-state index in [-0.39, 0.29) is 5.91 Å². The predicted octanol–water partition coefficient (Wildman–Crippen LogP) is 2.08. The van der Waals surface area contributed by atoms with E-state index in [1.807, 2.05) is 0 Å². The number of carbonyl (C=O) groups excluding carboxylic acids is 1. The lowest BCUT2D eigenvalue weighted by atomic mass is 10.1. The van der Waals surface area contributed by atoms with Crippen molar-refractivity contribution in [2.45, 2.75) is 31.7 Å².